The minimum absolute atomic E-state index is 0.0423. The summed E-state index contributed by atoms with van der Waals surface area (Å²) in [7, 11) is 0. The van der Waals surface area contributed by atoms with Crippen molar-refractivity contribution in [2.45, 2.75) is 37.4 Å². The highest BCUT2D eigenvalue weighted by molar-refractivity contribution is 7.20. The van der Waals surface area contributed by atoms with Crippen molar-refractivity contribution < 1.29 is 4.74 Å². The normalized spacial score (nSPS) is 27.8. The SMILES string of the molecule is Clc1cc(C2CNCC3(CCCC3)O2)c(Cl)s1. The zero-order chi connectivity index (χ0) is 11.9. The van der Waals surface area contributed by atoms with Crippen molar-refractivity contribution in [1.82, 2.24) is 5.32 Å². The second-order valence-corrected chi connectivity index (χ2v) is 7.19. The van der Waals surface area contributed by atoms with Crippen LogP contribution in [0.2, 0.25) is 8.67 Å². The van der Waals surface area contributed by atoms with Gasteiger partial charge in [-0.2, -0.15) is 0 Å². The zero-order valence-electron chi connectivity index (χ0n) is 9.47. The lowest BCUT2D eigenvalue weighted by molar-refractivity contribution is -0.114. The van der Waals surface area contributed by atoms with Gasteiger partial charge in [-0.3, -0.25) is 0 Å². The van der Waals surface area contributed by atoms with E-state index >= 15 is 0 Å². The molecule has 0 aromatic carbocycles. The molecule has 5 heteroatoms. The molecule has 1 atom stereocenters. The molecule has 0 radical (unpaired) electrons. The summed E-state index contributed by atoms with van der Waals surface area (Å²) < 4.78 is 7.81. The van der Waals surface area contributed by atoms with Gasteiger partial charge in [-0.25, -0.2) is 0 Å². The molecule has 1 unspecified atom stereocenters. The maximum absolute atomic E-state index is 6.32. The monoisotopic (exact) mass is 291 g/mol. The molecule has 2 nitrogen and oxygen atoms in total. The van der Waals surface area contributed by atoms with Gasteiger partial charge in [-0.1, -0.05) is 36.0 Å². The molecule has 1 saturated heterocycles. The second-order valence-electron chi connectivity index (χ2n) is 4.91. The molecule has 17 heavy (non-hydrogen) atoms. The van der Waals surface area contributed by atoms with E-state index in [1.165, 1.54) is 24.2 Å². The van der Waals surface area contributed by atoms with Crippen molar-refractivity contribution in [3.63, 3.8) is 0 Å². The largest absolute Gasteiger partial charge is 0.364 e. The fourth-order valence-corrected chi connectivity index (χ4v) is 4.43. The Bertz CT molecular complexity index is 415. The molecule has 2 fully saturated rings. The van der Waals surface area contributed by atoms with Gasteiger partial charge in [0.05, 0.1) is 16.0 Å². The topological polar surface area (TPSA) is 21.3 Å². The maximum Gasteiger partial charge on any atom is 0.100 e. The highest BCUT2D eigenvalue weighted by Crippen LogP contribution is 2.43. The first-order valence-electron chi connectivity index (χ1n) is 6.02. The Morgan fingerprint density at radius 2 is 2.12 bits per heavy atom. The van der Waals surface area contributed by atoms with Gasteiger partial charge in [0.15, 0.2) is 0 Å². The van der Waals surface area contributed by atoms with E-state index in [0.717, 1.165) is 40.2 Å². The molecule has 1 N–H and O–H groups in total. The van der Waals surface area contributed by atoms with Crippen LogP contribution in [0.15, 0.2) is 6.07 Å². The van der Waals surface area contributed by atoms with Gasteiger partial charge in [-0.15, -0.1) is 11.3 Å². The standard InChI is InChI=1S/C12H15Cl2NOS/c13-10-5-8(11(14)17-10)9-6-15-7-12(16-9)3-1-2-4-12/h5,9,15H,1-4,6-7H2. The Morgan fingerprint density at radius 3 is 2.76 bits per heavy atom. The van der Waals surface area contributed by atoms with Crippen molar-refractivity contribution in [2.24, 2.45) is 0 Å². The van der Waals surface area contributed by atoms with Crippen molar-refractivity contribution >= 4 is 34.5 Å². The van der Waals surface area contributed by atoms with Crippen LogP contribution in [0.3, 0.4) is 0 Å². The summed E-state index contributed by atoms with van der Waals surface area (Å²) in [6.45, 7) is 1.80. The molecule has 1 saturated carbocycles. The molecule has 1 spiro atoms. The molecule has 1 aliphatic heterocycles. The zero-order valence-corrected chi connectivity index (χ0v) is 11.8. The summed E-state index contributed by atoms with van der Waals surface area (Å²) in [5.74, 6) is 0. The summed E-state index contributed by atoms with van der Waals surface area (Å²) in [6.07, 6.45) is 4.91. The van der Waals surface area contributed by atoms with Crippen molar-refractivity contribution in [1.29, 1.82) is 0 Å². The quantitative estimate of drug-likeness (QED) is 0.844. The minimum Gasteiger partial charge on any atom is -0.364 e. The van der Waals surface area contributed by atoms with Crippen LogP contribution in [-0.4, -0.2) is 18.7 Å². The first kappa shape index (κ1) is 12.2. The van der Waals surface area contributed by atoms with E-state index in [4.69, 9.17) is 27.9 Å². The summed E-state index contributed by atoms with van der Waals surface area (Å²) in [4.78, 5) is 0. The Labute approximate surface area is 115 Å². The van der Waals surface area contributed by atoms with E-state index in [1.807, 2.05) is 6.07 Å². The highest BCUT2D eigenvalue weighted by Gasteiger charge is 2.40. The molecule has 3 rings (SSSR count). The summed E-state index contributed by atoms with van der Waals surface area (Å²) in [5.41, 5.74) is 1.08. The van der Waals surface area contributed by atoms with Gasteiger partial charge < -0.3 is 10.1 Å². The Hall–Kier alpha value is 0.200. The number of halogens is 2. The molecule has 1 aromatic rings. The van der Waals surface area contributed by atoms with E-state index in [9.17, 15) is 0 Å². The van der Waals surface area contributed by atoms with Crippen LogP contribution in [0.4, 0.5) is 0 Å². The van der Waals surface area contributed by atoms with Gasteiger partial charge in [-0.05, 0) is 18.9 Å². The van der Waals surface area contributed by atoms with Crippen LogP contribution in [0, 0.1) is 0 Å². The minimum atomic E-state index is 0.0423. The van der Waals surface area contributed by atoms with Crippen LogP contribution in [0.1, 0.15) is 37.4 Å². The Kier molecular flexibility index (Phi) is 3.39. The van der Waals surface area contributed by atoms with Gasteiger partial charge in [0.25, 0.3) is 0 Å². The third-order valence-electron chi connectivity index (χ3n) is 3.71. The van der Waals surface area contributed by atoms with E-state index < -0.39 is 0 Å². The molecule has 1 aromatic heterocycles. The lowest BCUT2D eigenvalue weighted by Gasteiger charge is -2.39. The number of rotatable bonds is 1. The molecule has 2 aliphatic rings. The first-order valence-corrected chi connectivity index (χ1v) is 7.59. The number of hydrogen-bond donors (Lipinski definition) is 1. The Balaban J connectivity index is 1.82. The predicted octanol–water partition coefficient (Wildman–Crippen LogP) is 4.03. The van der Waals surface area contributed by atoms with Crippen LogP contribution >= 0.6 is 34.5 Å². The van der Waals surface area contributed by atoms with Crippen molar-refractivity contribution in [3.8, 4) is 0 Å². The predicted molar refractivity (Wildman–Crippen MR) is 72.2 cm³/mol. The molecule has 94 valence electrons. The van der Waals surface area contributed by atoms with Crippen molar-refractivity contribution in [2.75, 3.05) is 13.1 Å². The summed E-state index contributed by atoms with van der Waals surface area (Å²) in [6, 6.07) is 1.94. The van der Waals surface area contributed by atoms with Crippen LogP contribution < -0.4 is 5.32 Å². The van der Waals surface area contributed by atoms with Crippen molar-refractivity contribution in [3.05, 3.63) is 20.3 Å². The van der Waals surface area contributed by atoms with E-state index in [2.05, 4.69) is 5.32 Å². The molecular weight excluding hydrogens is 277 g/mol. The summed E-state index contributed by atoms with van der Waals surface area (Å²) >= 11 is 13.6. The molecule has 2 heterocycles. The van der Waals surface area contributed by atoms with E-state index in [0.29, 0.717) is 0 Å². The second kappa shape index (κ2) is 4.71. The number of morpholine rings is 1. The number of thiophene rings is 1. The van der Waals surface area contributed by atoms with Gasteiger partial charge >= 0.3 is 0 Å². The van der Waals surface area contributed by atoms with Crippen LogP contribution in [0.5, 0.6) is 0 Å². The molecular formula is C12H15Cl2NOS. The number of ether oxygens (including phenoxy) is 1. The average Bonchev–Trinajstić information content (AvgIpc) is 2.86. The first-order chi connectivity index (χ1) is 8.19. The lowest BCUT2D eigenvalue weighted by Crippen LogP contribution is -2.49. The van der Waals surface area contributed by atoms with Gasteiger partial charge in [0.1, 0.15) is 4.34 Å². The van der Waals surface area contributed by atoms with E-state index in [1.54, 1.807) is 0 Å². The van der Waals surface area contributed by atoms with Gasteiger partial charge in [0.2, 0.25) is 0 Å². The van der Waals surface area contributed by atoms with Gasteiger partial charge in [0, 0.05) is 18.7 Å². The highest BCUT2D eigenvalue weighted by atomic mass is 35.5. The fourth-order valence-electron chi connectivity index (χ4n) is 2.88. The number of nitrogens with one attached hydrogen (secondary N) is 1. The lowest BCUT2D eigenvalue weighted by atomic mass is 9.98. The van der Waals surface area contributed by atoms with E-state index in [-0.39, 0.29) is 11.7 Å². The number of hydrogen-bond acceptors (Lipinski definition) is 3. The smallest absolute Gasteiger partial charge is 0.100 e. The summed E-state index contributed by atoms with van der Waals surface area (Å²) in [5, 5.41) is 3.48. The molecule has 0 bridgehead atoms. The Morgan fingerprint density at radius 1 is 1.35 bits per heavy atom. The van der Waals surface area contributed by atoms with Crippen LogP contribution in [0.25, 0.3) is 0 Å². The van der Waals surface area contributed by atoms with Crippen LogP contribution in [-0.2, 0) is 4.74 Å². The average molecular weight is 292 g/mol. The third kappa shape index (κ3) is 2.36. The molecule has 1 aliphatic carbocycles. The fraction of sp³-hybridized carbons (Fsp3) is 0.667. The third-order valence-corrected chi connectivity index (χ3v) is 5.23. The molecule has 0 amide bonds. The maximum atomic E-state index is 6.32.